The SMILES string of the molecule is C=CCN(CC=C)CC(Cl)c1ccccc1. The summed E-state index contributed by atoms with van der Waals surface area (Å²) in [4.78, 5) is 2.21. The number of benzene rings is 1. The highest BCUT2D eigenvalue weighted by molar-refractivity contribution is 6.21. The summed E-state index contributed by atoms with van der Waals surface area (Å²) in [5.41, 5.74) is 1.15. The molecule has 0 aliphatic carbocycles. The van der Waals surface area contributed by atoms with Crippen LogP contribution in [0.25, 0.3) is 0 Å². The average molecular weight is 236 g/mol. The van der Waals surface area contributed by atoms with Crippen molar-refractivity contribution >= 4 is 11.6 Å². The van der Waals surface area contributed by atoms with Crippen LogP contribution >= 0.6 is 11.6 Å². The quantitative estimate of drug-likeness (QED) is 0.515. The third-order valence-electron chi connectivity index (χ3n) is 2.35. The van der Waals surface area contributed by atoms with Crippen LogP contribution < -0.4 is 0 Å². The Hall–Kier alpha value is -1.05. The molecule has 1 aromatic carbocycles. The van der Waals surface area contributed by atoms with Gasteiger partial charge in [-0.15, -0.1) is 24.8 Å². The number of hydrogen-bond acceptors (Lipinski definition) is 1. The van der Waals surface area contributed by atoms with Crippen LogP contribution in [0.15, 0.2) is 55.6 Å². The van der Waals surface area contributed by atoms with Crippen molar-refractivity contribution in [2.75, 3.05) is 19.6 Å². The van der Waals surface area contributed by atoms with Crippen LogP contribution in [0, 0.1) is 0 Å². The van der Waals surface area contributed by atoms with Gasteiger partial charge in [-0.05, 0) is 5.56 Å². The van der Waals surface area contributed by atoms with Crippen molar-refractivity contribution in [3.63, 3.8) is 0 Å². The van der Waals surface area contributed by atoms with Gasteiger partial charge in [0.15, 0.2) is 0 Å². The molecule has 2 heteroatoms. The van der Waals surface area contributed by atoms with E-state index in [1.807, 2.05) is 30.4 Å². The zero-order valence-corrected chi connectivity index (χ0v) is 10.2. The molecular weight excluding hydrogens is 218 g/mol. The molecule has 1 rings (SSSR count). The molecule has 16 heavy (non-hydrogen) atoms. The maximum Gasteiger partial charge on any atom is 0.0712 e. The van der Waals surface area contributed by atoms with E-state index in [-0.39, 0.29) is 5.38 Å². The molecule has 0 radical (unpaired) electrons. The van der Waals surface area contributed by atoms with Crippen LogP contribution in [0.4, 0.5) is 0 Å². The monoisotopic (exact) mass is 235 g/mol. The van der Waals surface area contributed by atoms with Gasteiger partial charge in [0.2, 0.25) is 0 Å². The number of nitrogens with zero attached hydrogens (tertiary/aromatic N) is 1. The average Bonchev–Trinajstić information content (AvgIpc) is 2.31. The Labute approximate surface area is 103 Å². The fraction of sp³-hybridized carbons (Fsp3) is 0.286. The first-order valence-electron chi connectivity index (χ1n) is 5.41. The third-order valence-corrected chi connectivity index (χ3v) is 2.74. The van der Waals surface area contributed by atoms with E-state index in [4.69, 9.17) is 11.6 Å². The van der Waals surface area contributed by atoms with Gasteiger partial charge in [-0.1, -0.05) is 42.5 Å². The highest BCUT2D eigenvalue weighted by atomic mass is 35.5. The van der Waals surface area contributed by atoms with Crippen LogP contribution in [0.1, 0.15) is 10.9 Å². The maximum absolute atomic E-state index is 6.36. The van der Waals surface area contributed by atoms with Gasteiger partial charge < -0.3 is 0 Å². The van der Waals surface area contributed by atoms with Gasteiger partial charge in [-0.2, -0.15) is 0 Å². The van der Waals surface area contributed by atoms with E-state index in [2.05, 4.69) is 30.2 Å². The number of alkyl halides is 1. The molecular formula is C14H18ClN. The van der Waals surface area contributed by atoms with Gasteiger partial charge in [-0.3, -0.25) is 4.90 Å². The molecule has 0 spiro atoms. The van der Waals surface area contributed by atoms with Crippen LogP contribution in [-0.4, -0.2) is 24.5 Å². The van der Waals surface area contributed by atoms with E-state index in [0.29, 0.717) is 0 Å². The number of rotatable bonds is 7. The Morgan fingerprint density at radius 3 is 2.19 bits per heavy atom. The predicted molar refractivity (Wildman–Crippen MR) is 71.9 cm³/mol. The van der Waals surface area contributed by atoms with E-state index in [1.165, 1.54) is 0 Å². The molecule has 1 atom stereocenters. The minimum atomic E-state index is 0.0149. The summed E-state index contributed by atoms with van der Waals surface area (Å²) in [5, 5.41) is 0.0149. The molecule has 0 N–H and O–H groups in total. The van der Waals surface area contributed by atoms with Gasteiger partial charge in [0.25, 0.3) is 0 Å². The molecule has 1 unspecified atom stereocenters. The summed E-state index contributed by atoms with van der Waals surface area (Å²) in [7, 11) is 0. The summed E-state index contributed by atoms with van der Waals surface area (Å²) < 4.78 is 0. The molecule has 0 saturated carbocycles. The normalized spacial score (nSPS) is 12.4. The zero-order chi connectivity index (χ0) is 11.8. The second-order valence-electron chi connectivity index (χ2n) is 3.67. The van der Waals surface area contributed by atoms with Crippen molar-refractivity contribution < 1.29 is 0 Å². The predicted octanol–water partition coefficient (Wildman–Crippen LogP) is 3.64. The summed E-state index contributed by atoms with van der Waals surface area (Å²) in [6, 6.07) is 10.1. The van der Waals surface area contributed by atoms with E-state index in [0.717, 1.165) is 25.2 Å². The first-order valence-corrected chi connectivity index (χ1v) is 5.84. The Morgan fingerprint density at radius 1 is 1.12 bits per heavy atom. The first-order chi connectivity index (χ1) is 7.77. The van der Waals surface area contributed by atoms with Crippen molar-refractivity contribution in [2.45, 2.75) is 5.38 Å². The molecule has 0 bridgehead atoms. The van der Waals surface area contributed by atoms with Crippen LogP contribution in [0.3, 0.4) is 0 Å². The van der Waals surface area contributed by atoms with Crippen LogP contribution in [0.5, 0.6) is 0 Å². The maximum atomic E-state index is 6.36. The smallest absolute Gasteiger partial charge is 0.0712 e. The molecule has 0 saturated heterocycles. The lowest BCUT2D eigenvalue weighted by Gasteiger charge is -2.22. The Bertz CT molecular complexity index is 311. The molecule has 1 nitrogen and oxygen atoms in total. The highest BCUT2D eigenvalue weighted by Gasteiger charge is 2.11. The topological polar surface area (TPSA) is 3.24 Å². The summed E-state index contributed by atoms with van der Waals surface area (Å²) in [6.45, 7) is 9.97. The summed E-state index contributed by atoms with van der Waals surface area (Å²) in [5.74, 6) is 0. The van der Waals surface area contributed by atoms with Gasteiger partial charge in [-0.25, -0.2) is 0 Å². The van der Waals surface area contributed by atoms with Crippen LogP contribution in [0.2, 0.25) is 0 Å². The Kier molecular flexibility index (Phi) is 5.91. The standard InChI is InChI=1S/C14H18ClN/c1-3-10-16(11-4-2)12-14(15)13-8-6-5-7-9-13/h3-9,14H,1-2,10-12H2. The number of hydrogen-bond donors (Lipinski definition) is 0. The summed E-state index contributed by atoms with van der Waals surface area (Å²) in [6.07, 6.45) is 3.77. The second-order valence-corrected chi connectivity index (χ2v) is 4.20. The van der Waals surface area contributed by atoms with Gasteiger partial charge in [0.05, 0.1) is 5.38 Å². The minimum Gasteiger partial charge on any atom is -0.294 e. The van der Waals surface area contributed by atoms with E-state index in [9.17, 15) is 0 Å². The van der Waals surface area contributed by atoms with Crippen molar-refractivity contribution in [1.29, 1.82) is 0 Å². The molecule has 0 amide bonds. The van der Waals surface area contributed by atoms with Gasteiger partial charge >= 0.3 is 0 Å². The minimum absolute atomic E-state index is 0.0149. The highest BCUT2D eigenvalue weighted by Crippen LogP contribution is 2.21. The van der Waals surface area contributed by atoms with Crippen LogP contribution in [-0.2, 0) is 0 Å². The fourth-order valence-electron chi connectivity index (χ4n) is 1.58. The molecule has 0 aromatic heterocycles. The van der Waals surface area contributed by atoms with Gasteiger partial charge in [0, 0.05) is 19.6 Å². The lowest BCUT2D eigenvalue weighted by Crippen LogP contribution is -2.27. The first kappa shape index (κ1) is 13.0. The number of halogens is 1. The van der Waals surface area contributed by atoms with E-state index < -0.39 is 0 Å². The lowest BCUT2D eigenvalue weighted by molar-refractivity contribution is 0.335. The second kappa shape index (κ2) is 7.26. The van der Waals surface area contributed by atoms with Crippen molar-refractivity contribution in [3.8, 4) is 0 Å². The van der Waals surface area contributed by atoms with E-state index >= 15 is 0 Å². The molecule has 0 fully saturated rings. The molecule has 0 aliphatic rings. The van der Waals surface area contributed by atoms with Gasteiger partial charge in [0.1, 0.15) is 0 Å². The molecule has 86 valence electrons. The molecule has 0 aliphatic heterocycles. The van der Waals surface area contributed by atoms with Crippen molar-refractivity contribution in [2.24, 2.45) is 0 Å². The Morgan fingerprint density at radius 2 is 1.69 bits per heavy atom. The van der Waals surface area contributed by atoms with Crippen molar-refractivity contribution in [1.82, 2.24) is 4.90 Å². The zero-order valence-electron chi connectivity index (χ0n) is 9.48. The molecule has 1 aromatic rings. The largest absolute Gasteiger partial charge is 0.294 e. The van der Waals surface area contributed by atoms with E-state index in [1.54, 1.807) is 0 Å². The summed E-state index contributed by atoms with van der Waals surface area (Å²) >= 11 is 6.36. The molecule has 0 heterocycles. The lowest BCUT2D eigenvalue weighted by atomic mass is 10.1. The fourth-order valence-corrected chi connectivity index (χ4v) is 1.92. The van der Waals surface area contributed by atoms with Crippen molar-refractivity contribution in [3.05, 3.63) is 61.2 Å². The Balaban J connectivity index is 2.57. The third kappa shape index (κ3) is 4.21.